The van der Waals surface area contributed by atoms with Crippen LogP contribution in [0.3, 0.4) is 0 Å². The van der Waals surface area contributed by atoms with E-state index in [0.29, 0.717) is 18.2 Å². The van der Waals surface area contributed by atoms with Crippen molar-refractivity contribution in [1.29, 1.82) is 0 Å². The molecule has 0 aromatic carbocycles. The zero-order valence-electron chi connectivity index (χ0n) is 12.4. The maximum absolute atomic E-state index is 11.6. The lowest BCUT2D eigenvalue weighted by atomic mass is 10.5. The van der Waals surface area contributed by atoms with Gasteiger partial charge >= 0.3 is 0 Å². The van der Waals surface area contributed by atoms with Crippen LogP contribution < -0.4 is 9.80 Å². The molecule has 0 fully saturated rings. The second kappa shape index (κ2) is 7.18. The van der Waals surface area contributed by atoms with Crippen LogP contribution in [0.5, 0.6) is 0 Å². The zero-order valence-corrected chi connectivity index (χ0v) is 13.2. The minimum atomic E-state index is -0.150. The van der Waals surface area contributed by atoms with Gasteiger partial charge < -0.3 is 0 Å². The van der Waals surface area contributed by atoms with Crippen molar-refractivity contribution >= 4 is 35.5 Å². The lowest BCUT2D eigenvalue weighted by molar-refractivity contribution is -0.117. The number of thioether (sulfide) groups is 1. The summed E-state index contributed by atoms with van der Waals surface area (Å²) in [6, 6.07) is 0. The molecular formula is C12H19N5O2S. The van der Waals surface area contributed by atoms with Crippen LogP contribution in [0.25, 0.3) is 0 Å². The van der Waals surface area contributed by atoms with Crippen molar-refractivity contribution in [3.05, 3.63) is 0 Å². The van der Waals surface area contributed by atoms with Gasteiger partial charge in [0.15, 0.2) is 5.16 Å². The summed E-state index contributed by atoms with van der Waals surface area (Å²) in [4.78, 5) is 38.8. The van der Waals surface area contributed by atoms with Gasteiger partial charge in [-0.15, -0.1) is 0 Å². The van der Waals surface area contributed by atoms with Gasteiger partial charge in [0.1, 0.15) is 0 Å². The van der Waals surface area contributed by atoms with E-state index >= 15 is 0 Å². The Kier molecular flexibility index (Phi) is 5.87. The Morgan fingerprint density at radius 2 is 1.35 bits per heavy atom. The van der Waals surface area contributed by atoms with E-state index in [4.69, 9.17) is 0 Å². The van der Waals surface area contributed by atoms with Crippen molar-refractivity contribution in [2.24, 2.45) is 0 Å². The van der Waals surface area contributed by atoms with Crippen LogP contribution in [-0.2, 0) is 9.59 Å². The molecule has 8 heteroatoms. The molecule has 1 rings (SSSR count). The highest BCUT2D eigenvalue weighted by molar-refractivity contribution is 7.98. The highest BCUT2D eigenvalue weighted by Crippen LogP contribution is 2.19. The molecule has 2 amide bonds. The Balaban J connectivity index is 3.33. The molecule has 0 aliphatic carbocycles. The molecule has 0 spiro atoms. The molecule has 110 valence electrons. The number of carbonyl (C=O) groups is 2. The van der Waals surface area contributed by atoms with Crippen molar-refractivity contribution in [2.45, 2.75) is 32.9 Å². The number of anilines is 2. The van der Waals surface area contributed by atoms with E-state index in [1.807, 2.05) is 20.1 Å². The summed E-state index contributed by atoms with van der Waals surface area (Å²) in [5.74, 6) is 0.244. The third kappa shape index (κ3) is 3.66. The van der Waals surface area contributed by atoms with E-state index in [0.717, 1.165) is 0 Å². The van der Waals surface area contributed by atoms with Crippen molar-refractivity contribution < 1.29 is 9.59 Å². The summed E-state index contributed by atoms with van der Waals surface area (Å²) in [6.07, 6.45) is 1.83. The van der Waals surface area contributed by atoms with Crippen LogP contribution in [0.4, 0.5) is 11.9 Å². The minimum absolute atomic E-state index is 0.150. The highest BCUT2D eigenvalue weighted by atomic mass is 32.2. The SMILES string of the molecule is CCN(C(C)=O)c1nc(SC)nc(N(CC)C(C)=O)n1. The molecule has 0 aliphatic rings. The first-order valence-corrected chi connectivity index (χ1v) is 7.53. The quantitative estimate of drug-likeness (QED) is 0.763. The van der Waals surface area contributed by atoms with Crippen LogP contribution >= 0.6 is 11.8 Å². The fourth-order valence-electron chi connectivity index (χ4n) is 1.68. The Morgan fingerprint density at radius 3 is 1.60 bits per heavy atom. The largest absolute Gasteiger partial charge is 0.281 e. The average molecular weight is 297 g/mol. The van der Waals surface area contributed by atoms with Gasteiger partial charge in [-0.25, -0.2) is 0 Å². The molecule has 1 aromatic rings. The fraction of sp³-hybridized carbons (Fsp3) is 0.583. The number of amides is 2. The van der Waals surface area contributed by atoms with Crippen LogP contribution in [-0.4, -0.2) is 46.1 Å². The maximum atomic E-state index is 11.6. The molecule has 0 N–H and O–H groups in total. The lowest BCUT2D eigenvalue weighted by Crippen LogP contribution is -2.33. The zero-order chi connectivity index (χ0) is 15.3. The molecule has 0 saturated heterocycles. The highest BCUT2D eigenvalue weighted by Gasteiger charge is 2.19. The number of hydrogen-bond acceptors (Lipinski definition) is 6. The summed E-state index contributed by atoms with van der Waals surface area (Å²) < 4.78 is 0. The van der Waals surface area contributed by atoms with Crippen molar-refractivity contribution in [3.63, 3.8) is 0 Å². The van der Waals surface area contributed by atoms with Crippen LogP contribution in [0, 0.1) is 0 Å². The molecule has 0 unspecified atom stereocenters. The second-order valence-electron chi connectivity index (χ2n) is 3.95. The molecular weight excluding hydrogens is 278 g/mol. The minimum Gasteiger partial charge on any atom is -0.281 e. The maximum Gasteiger partial charge on any atom is 0.237 e. The molecule has 0 saturated carbocycles. The summed E-state index contributed by atoms with van der Waals surface area (Å²) in [7, 11) is 0. The predicted molar refractivity (Wildman–Crippen MR) is 79.0 cm³/mol. The lowest BCUT2D eigenvalue weighted by Gasteiger charge is -2.21. The Morgan fingerprint density at radius 1 is 0.950 bits per heavy atom. The topological polar surface area (TPSA) is 79.3 Å². The van der Waals surface area contributed by atoms with Gasteiger partial charge in [-0.2, -0.15) is 15.0 Å². The molecule has 7 nitrogen and oxygen atoms in total. The van der Waals surface area contributed by atoms with Crippen LogP contribution in [0.1, 0.15) is 27.7 Å². The Bertz CT molecular complexity index is 468. The normalized spacial score (nSPS) is 10.2. The molecule has 1 aromatic heterocycles. The fourth-order valence-corrected chi connectivity index (χ4v) is 2.02. The second-order valence-corrected chi connectivity index (χ2v) is 4.72. The third-order valence-corrected chi connectivity index (χ3v) is 3.20. The molecule has 1 heterocycles. The van der Waals surface area contributed by atoms with Gasteiger partial charge in [-0.3, -0.25) is 19.4 Å². The Hall–Kier alpha value is -1.70. The molecule has 20 heavy (non-hydrogen) atoms. The van der Waals surface area contributed by atoms with Gasteiger partial charge in [0, 0.05) is 26.9 Å². The Labute approximate surface area is 122 Å². The monoisotopic (exact) mass is 297 g/mol. The number of rotatable bonds is 5. The average Bonchev–Trinajstić information content (AvgIpc) is 2.39. The first-order chi connectivity index (χ1) is 9.44. The molecule has 0 radical (unpaired) electrons. The molecule has 0 atom stereocenters. The molecule has 0 bridgehead atoms. The third-order valence-electron chi connectivity index (χ3n) is 2.65. The number of hydrogen-bond donors (Lipinski definition) is 0. The van der Waals surface area contributed by atoms with Gasteiger partial charge in [0.05, 0.1) is 0 Å². The van der Waals surface area contributed by atoms with E-state index in [-0.39, 0.29) is 23.7 Å². The van der Waals surface area contributed by atoms with Crippen LogP contribution in [0.2, 0.25) is 0 Å². The summed E-state index contributed by atoms with van der Waals surface area (Å²) in [6.45, 7) is 7.50. The molecule has 0 aliphatic heterocycles. The van der Waals surface area contributed by atoms with Gasteiger partial charge in [0.2, 0.25) is 23.7 Å². The summed E-state index contributed by atoms with van der Waals surface area (Å²) >= 11 is 1.34. The number of aromatic nitrogens is 3. The first kappa shape index (κ1) is 16.4. The van der Waals surface area contributed by atoms with Gasteiger partial charge in [-0.1, -0.05) is 11.8 Å². The summed E-state index contributed by atoms with van der Waals surface area (Å²) in [5.41, 5.74) is 0. The first-order valence-electron chi connectivity index (χ1n) is 6.30. The van der Waals surface area contributed by atoms with E-state index in [9.17, 15) is 9.59 Å². The van der Waals surface area contributed by atoms with E-state index in [2.05, 4.69) is 15.0 Å². The van der Waals surface area contributed by atoms with Crippen molar-refractivity contribution in [3.8, 4) is 0 Å². The van der Waals surface area contributed by atoms with Gasteiger partial charge in [0.25, 0.3) is 0 Å². The predicted octanol–water partition coefficient (Wildman–Crippen LogP) is 1.34. The van der Waals surface area contributed by atoms with Crippen molar-refractivity contribution in [2.75, 3.05) is 29.1 Å². The van der Waals surface area contributed by atoms with E-state index in [1.54, 1.807) is 0 Å². The standard InChI is InChI=1S/C12H19N5O2S/c1-6-16(8(3)18)10-13-11(15-12(14-10)20-5)17(7-2)9(4)19/h6-7H2,1-5H3. The van der Waals surface area contributed by atoms with E-state index in [1.165, 1.54) is 35.4 Å². The van der Waals surface area contributed by atoms with E-state index < -0.39 is 0 Å². The van der Waals surface area contributed by atoms with Gasteiger partial charge in [-0.05, 0) is 20.1 Å². The number of nitrogens with zero attached hydrogens (tertiary/aromatic N) is 5. The number of carbonyl (C=O) groups excluding carboxylic acids is 2. The summed E-state index contributed by atoms with van der Waals surface area (Å²) in [5, 5.41) is 0.476. The van der Waals surface area contributed by atoms with Crippen molar-refractivity contribution in [1.82, 2.24) is 15.0 Å². The van der Waals surface area contributed by atoms with Crippen LogP contribution in [0.15, 0.2) is 5.16 Å². The smallest absolute Gasteiger partial charge is 0.237 e.